The monoisotopic (exact) mass is 488 g/mol. The Kier molecular flexibility index (Phi) is 8.13. The van der Waals surface area contributed by atoms with Crippen molar-refractivity contribution in [2.75, 3.05) is 59.9 Å². The molecule has 178 valence electrons. The minimum atomic E-state index is -3.79. The van der Waals surface area contributed by atoms with Gasteiger partial charge in [-0.05, 0) is 37.5 Å². The van der Waals surface area contributed by atoms with E-state index < -0.39 is 15.8 Å². The van der Waals surface area contributed by atoms with Crippen molar-refractivity contribution in [2.24, 2.45) is 5.92 Å². The second kappa shape index (κ2) is 10.5. The van der Waals surface area contributed by atoms with E-state index in [9.17, 15) is 22.4 Å². The van der Waals surface area contributed by atoms with E-state index in [-0.39, 0.29) is 40.7 Å². The second-order valence-electron chi connectivity index (χ2n) is 8.50. The molecule has 2 saturated heterocycles. The molecule has 0 unspecified atom stereocenters. The Morgan fingerprint density at radius 3 is 2.41 bits per heavy atom. The molecule has 3 rings (SSSR count). The van der Waals surface area contributed by atoms with Crippen molar-refractivity contribution >= 4 is 33.4 Å². The van der Waals surface area contributed by atoms with E-state index >= 15 is 0 Å². The molecule has 2 heterocycles. The molecule has 0 atom stereocenters. The number of halogens is 2. The van der Waals surface area contributed by atoms with Crippen LogP contribution in [0.4, 0.5) is 4.39 Å². The van der Waals surface area contributed by atoms with Crippen molar-refractivity contribution in [2.45, 2.75) is 24.2 Å². The highest BCUT2D eigenvalue weighted by Gasteiger charge is 2.34. The third-order valence-electron chi connectivity index (χ3n) is 6.09. The Labute approximate surface area is 193 Å². The van der Waals surface area contributed by atoms with E-state index in [1.807, 2.05) is 4.90 Å². The third-order valence-corrected chi connectivity index (χ3v) is 8.27. The number of benzene rings is 1. The van der Waals surface area contributed by atoms with Crippen LogP contribution in [0.1, 0.15) is 19.3 Å². The zero-order valence-corrected chi connectivity index (χ0v) is 20.0. The molecular weight excluding hydrogens is 459 g/mol. The van der Waals surface area contributed by atoms with Crippen molar-refractivity contribution in [1.82, 2.24) is 19.0 Å². The molecule has 11 heteroatoms. The van der Waals surface area contributed by atoms with Gasteiger partial charge in [-0.3, -0.25) is 14.5 Å². The molecule has 0 spiro atoms. The van der Waals surface area contributed by atoms with Gasteiger partial charge in [0.15, 0.2) is 0 Å². The van der Waals surface area contributed by atoms with Crippen LogP contribution in [0.2, 0.25) is 5.02 Å². The maximum atomic E-state index is 13.4. The molecule has 0 N–H and O–H groups in total. The van der Waals surface area contributed by atoms with Gasteiger partial charge >= 0.3 is 0 Å². The average Bonchev–Trinajstić information content (AvgIpc) is 3.00. The molecule has 0 radical (unpaired) electrons. The molecule has 1 aromatic carbocycles. The largest absolute Gasteiger partial charge is 0.348 e. The van der Waals surface area contributed by atoms with Crippen LogP contribution in [0.25, 0.3) is 0 Å². The van der Waals surface area contributed by atoms with E-state index in [1.165, 1.54) is 10.4 Å². The minimum Gasteiger partial charge on any atom is -0.348 e. The molecule has 0 bridgehead atoms. The highest BCUT2D eigenvalue weighted by Crippen LogP contribution is 2.27. The predicted molar refractivity (Wildman–Crippen MR) is 119 cm³/mol. The van der Waals surface area contributed by atoms with E-state index in [2.05, 4.69) is 4.90 Å². The van der Waals surface area contributed by atoms with E-state index in [1.54, 1.807) is 19.0 Å². The van der Waals surface area contributed by atoms with Gasteiger partial charge in [-0.1, -0.05) is 11.6 Å². The fraction of sp³-hybridized carbons (Fsp3) is 0.619. The Hall–Kier alpha value is -1.75. The van der Waals surface area contributed by atoms with Gasteiger partial charge in [-0.25, -0.2) is 12.8 Å². The lowest BCUT2D eigenvalue weighted by Crippen LogP contribution is -2.45. The molecule has 2 amide bonds. The quantitative estimate of drug-likeness (QED) is 0.627. The number of rotatable bonds is 5. The number of likely N-dealkylation sites (N-methyl/N-ethyl adjacent to an activating group) is 1. The van der Waals surface area contributed by atoms with E-state index in [0.29, 0.717) is 39.0 Å². The maximum absolute atomic E-state index is 13.4. The minimum absolute atomic E-state index is 0.0424. The first kappa shape index (κ1) is 24.9. The Balaban J connectivity index is 1.55. The molecule has 0 aliphatic carbocycles. The van der Waals surface area contributed by atoms with Crippen LogP contribution in [-0.4, -0.2) is 99.1 Å². The molecule has 2 fully saturated rings. The fourth-order valence-corrected chi connectivity index (χ4v) is 5.81. The van der Waals surface area contributed by atoms with Gasteiger partial charge in [0.25, 0.3) is 0 Å². The summed E-state index contributed by atoms with van der Waals surface area (Å²) < 4.78 is 40.4. The summed E-state index contributed by atoms with van der Waals surface area (Å²) >= 11 is 5.74. The maximum Gasteiger partial charge on any atom is 0.243 e. The van der Waals surface area contributed by atoms with Gasteiger partial charge < -0.3 is 9.80 Å². The van der Waals surface area contributed by atoms with Gasteiger partial charge in [0.2, 0.25) is 21.8 Å². The molecular formula is C21H30ClFN4O4S. The first-order valence-electron chi connectivity index (χ1n) is 10.8. The number of carbonyl (C=O) groups excluding carboxylic acids is 2. The number of piperidine rings is 1. The van der Waals surface area contributed by atoms with Gasteiger partial charge in [-0.2, -0.15) is 4.31 Å². The lowest BCUT2D eigenvalue weighted by atomic mass is 9.96. The summed E-state index contributed by atoms with van der Waals surface area (Å²) in [5, 5.41) is -0.237. The summed E-state index contributed by atoms with van der Waals surface area (Å²) in [5.41, 5.74) is 0. The molecule has 0 aromatic heterocycles. The topological polar surface area (TPSA) is 81.2 Å². The highest BCUT2D eigenvalue weighted by molar-refractivity contribution is 7.89. The summed E-state index contributed by atoms with van der Waals surface area (Å²) in [5.74, 6) is -0.807. The second-order valence-corrected chi connectivity index (χ2v) is 10.8. The van der Waals surface area contributed by atoms with Crippen LogP contribution >= 0.6 is 11.6 Å². The van der Waals surface area contributed by atoms with Crippen molar-refractivity contribution in [3.05, 3.63) is 29.0 Å². The summed E-state index contributed by atoms with van der Waals surface area (Å²) in [6, 6.07) is 3.37. The van der Waals surface area contributed by atoms with Crippen LogP contribution in [0.5, 0.6) is 0 Å². The normalized spacial score (nSPS) is 19.6. The molecule has 2 aliphatic heterocycles. The summed E-state index contributed by atoms with van der Waals surface area (Å²) in [6.45, 7) is 3.41. The fourth-order valence-electron chi connectivity index (χ4n) is 4.07. The number of carbonyl (C=O) groups is 2. The lowest BCUT2D eigenvalue weighted by Gasteiger charge is -2.33. The zero-order valence-electron chi connectivity index (χ0n) is 18.5. The SMILES string of the molecule is CN(C)C(=O)CN1CCCN(C(=O)C2CCN(S(=O)(=O)c3ccc(F)c(Cl)c3)CC2)CC1. The smallest absolute Gasteiger partial charge is 0.243 e. The van der Waals surface area contributed by atoms with Crippen LogP contribution < -0.4 is 0 Å². The highest BCUT2D eigenvalue weighted by atomic mass is 35.5. The van der Waals surface area contributed by atoms with E-state index in [4.69, 9.17) is 11.6 Å². The molecule has 2 aliphatic rings. The van der Waals surface area contributed by atoms with Gasteiger partial charge in [-0.15, -0.1) is 0 Å². The molecule has 8 nitrogen and oxygen atoms in total. The van der Waals surface area contributed by atoms with Gasteiger partial charge in [0.05, 0.1) is 16.5 Å². The van der Waals surface area contributed by atoms with Crippen molar-refractivity contribution in [3.63, 3.8) is 0 Å². The zero-order chi connectivity index (χ0) is 23.5. The number of hydrogen-bond acceptors (Lipinski definition) is 5. The van der Waals surface area contributed by atoms with Crippen LogP contribution in [-0.2, 0) is 19.6 Å². The van der Waals surface area contributed by atoms with Crippen LogP contribution in [0.3, 0.4) is 0 Å². The standard InChI is InChI=1S/C21H30ClFN4O4S/c1-24(2)20(28)15-25-8-3-9-26(13-12-25)21(29)16-6-10-27(11-7-16)32(30,31)17-4-5-19(23)18(22)14-17/h4-5,14,16H,3,6-13,15H2,1-2H3. The first-order valence-corrected chi connectivity index (χ1v) is 12.6. The van der Waals surface area contributed by atoms with E-state index in [0.717, 1.165) is 25.1 Å². The first-order chi connectivity index (χ1) is 15.1. The van der Waals surface area contributed by atoms with Gasteiger partial charge in [0, 0.05) is 59.3 Å². The number of nitrogens with zero attached hydrogens (tertiary/aromatic N) is 4. The van der Waals surface area contributed by atoms with Crippen molar-refractivity contribution < 1.29 is 22.4 Å². The van der Waals surface area contributed by atoms with Crippen molar-refractivity contribution in [3.8, 4) is 0 Å². The predicted octanol–water partition coefficient (Wildman–Crippen LogP) is 1.50. The number of sulfonamides is 1. The number of hydrogen-bond donors (Lipinski definition) is 0. The van der Waals surface area contributed by atoms with Crippen LogP contribution in [0, 0.1) is 11.7 Å². The summed E-state index contributed by atoms with van der Waals surface area (Å²) in [7, 11) is -0.334. The summed E-state index contributed by atoms with van der Waals surface area (Å²) in [4.78, 5) is 30.4. The third kappa shape index (κ3) is 5.78. The Bertz CT molecular complexity index is 951. The lowest BCUT2D eigenvalue weighted by molar-refractivity contribution is -0.136. The summed E-state index contributed by atoms with van der Waals surface area (Å²) in [6.07, 6.45) is 1.67. The van der Waals surface area contributed by atoms with Gasteiger partial charge in [0.1, 0.15) is 5.82 Å². The molecule has 32 heavy (non-hydrogen) atoms. The molecule has 1 aromatic rings. The molecule has 0 saturated carbocycles. The van der Waals surface area contributed by atoms with Crippen LogP contribution in [0.15, 0.2) is 23.1 Å². The Morgan fingerprint density at radius 1 is 1.09 bits per heavy atom. The Morgan fingerprint density at radius 2 is 1.78 bits per heavy atom. The number of amides is 2. The average molecular weight is 489 g/mol. The van der Waals surface area contributed by atoms with Crippen molar-refractivity contribution in [1.29, 1.82) is 0 Å².